The second-order valence-electron chi connectivity index (χ2n) is 7.32. The van der Waals surface area contributed by atoms with Crippen LogP contribution in [-0.4, -0.2) is 28.9 Å². The number of pyridine rings is 1. The predicted octanol–water partition coefficient (Wildman–Crippen LogP) is 3.19. The van der Waals surface area contributed by atoms with Crippen LogP contribution in [-0.2, 0) is 12.8 Å². The second kappa shape index (κ2) is 6.51. The number of carbonyl (C=O) groups excluding carboxylic acids is 1. The van der Waals surface area contributed by atoms with Crippen molar-refractivity contribution < 1.29 is 4.79 Å². The molecule has 4 nitrogen and oxygen atoms in total. The maximum absolute atomic E-state index is 13.0. The molecule has 1 aromatic heterocycles. The van der Waals surface area contributed by atoms with Crippen LogP contribution in [0.2, 0.25) is 0 Å². The monoisotopic (exact) mass is 336 g/mol. The largest absolute Gasteiger partial charge is 0.338 e. The molecule has 0 unspecified atom stereocenters. The first kappa shape index (κ1) is 16.1. The van der Waals surface area contributed by atoms with E-state index in [2.05, 4.69) is 36.2 Å². The molecule has 1 aliphatic carbocycles. The molecule has 2 heterocycles. The highest BCUT2D eigenvalue weighted by molar-refractivity contribution is 5.94. The summed E-state index contributed by atoms with van der Waals surface area (Å²) in [6, 6.07) is 10.2. The van der Waals surface area contributed by atoms with E-state index in [9.17, 15) is 9.59 Å². The van der Waals surface area contributed by atoms with Crippen LogP contribution in [0.1, 0.15) is 57.9 Å². The number of piperidine rings is 1. The molecular formula is C21H24N2O2. The molecule has 2 aromatic rings. The second-order valence-corrected chi connectivity index (χ2v) is 7.32. The lowest BCUT2D eigenvalue weighted by Crippen LogP contribution is -2.41. The maximum Gasteiger partial charge on any atom is 0.261 e. The van der Waals surface area contributed by atoms with Gasteiger partial charge in [-0.3, -0.25) is 9.59 Å². The lowest BCUT2D eigenvalue weighted by molar-refractivity contribution is 0.0705. The van der Waals surface area contributed by atoms with Gasteiger partial charge in [0.15, 0.2) is 0 Å². The van der Waals surface area contributed by atoms with Gasteiger partial charge in [0.05, 0.1) is 0 Å². The summed E-state index contributed by atoms with van der Waals surface area (Å²) in [5, 5.41) is 0. The number of nitrogens with one attached hydrogen (secondary N) is 1. The van der Waals surface area contributed by atoms with E-state index in [0.29, 0.717) is 18.0 Å². The number of carbonyl (C=O) groups is 1. The van der Waals surface area contributed by atoms with E-state index in [1.165, 1.54) is 11.1 Å². The van der Waals surface area contributed by atoms with Crippen molar-refractivity contribution in [2.75, 3.05) is 13.1 Å². The molecule has 1 N–H and O–H groups in total. The summed E-state index contributed by atoms with van der Waals surface area (Å²) < 4.78 is 0. The number of hydrogen-bond acceptors (Lipinski definition) is 2. The zero-order valence-electron chi connectivity index (χ0n) is 14.7. The fraction of sp³-hybridized carbons (Fsp3) is 0.429. The van der Waals surface area contributed by atoms with Gasteiger partial charge in [0.1, 0.15) is 5.56 Å². The third kappa shape index (κ3) is 3.01. The molecule has 1 aromatic carbocycles. The Morgan fingerprint density at radius 3 is 2.88 bits per heavy atom. The third-order valence-electron chi connectivity index (χ3n) is 5.66. The average molecular weight is 336 g/mol. The molecule has 2 aliphatic rings. The summed E-state index contributed by atoms with van der Waals surface area (Å²) in [5.74, 6) is 0.238. The van der Waals surface area contributed by atoms with Crippen LogP contribution in [0.3, 0.4) is 0 Å². The van der Waals surface area contributed by atoms with Crippen LogP contribution >= 0.6 is 0 Å². The molecule has 1 amide bonds. The molecule has 0 radical (unpaired) electrons. The van der Waals surface area contributed by atoms with Gasteiger partial charge in [-0.15, -0.1) is 0 Å². The van der Waals surface area contributed by atoms with Gasteiger partial charge in [-0.25, -0.2) is 0 Å². The normalized spacial score (nSPS) is 19.7. The highest BCUT2D eigenvalue weighted by Gasteiger charge is 2.28. The summed E-state index contributed by atoms with van der Waals surface area (Å²) in [7, 11) is 0. The van der Waals surface area contributed by atoms with Crippen LogP contribution in [0, 0.1) is 6.92 Å². The Bertz CT molecular complexity index is 868. The lowest BCUT2D eigenvalue weighted by Gasteiger charge is -2.33. The van der Waals surface area contributed by atoms with Gasteiger partial charge in [0.25, 0.3) is 11.5 Å². The maximum atomic E-state index is 13.0. The lowest BCUT2D eigenvalue weighted by atomic mass is 9.88. The van der Waals surface area contributed by atoms with Crippen molar-refractivity contribution in [3.8, 4) is 0 Å². The Morgan fingerprint density at radius 1 is 1.20 bits per heavy atom. The number of amides is 1. The summed E-state index contributed by atoms with van der Waals surface area (Å²) >= 11 is 0. The molecule has 1 aliphatic heterocycles. The van der Waals surface area contributed by atoms with Crippen LogP contribution in [0.4, 0.5) is 0 Å². The van der Waals surface area contributed by atoms with Crippen molar-refractivity contribution >= 4 is 5.91 Å². The topological polar surface area (TPSA) is 53.2 Å². The number of aromatic nitrogens is 1. The minimum Gasteiger partial charge on any atom is -0.338 e. The van der Waals surface area contributed by atoms with Gasteiger partial charge >= 0.3 is 0 Å². The predicted molar refractivity (Wildman–Crippen MR) is 98.1 cm³/mol. The van der Waals surface area contributed by atoms with Crippen LogP contribution < -0.4 is 5.56 Å². The van der Waals surface area contributed by atoms with Gasteiger partial charge in [-0.05, 0) is 61.8 Å². The number of fused-ring (bicyclic) bond motifs is 1. The van der Waals surface area contributed by atoms with E-state index in [1.54, 1.807) is 0 Å². The number of benzene rings is 1. The first-order valence-corrected chi connectivity index (χ1v) is 9.23. The highest BCUT2D eigenvalue weighted by atomic mass is 16.2. The molecule has 0 saturated carbocycles. The van der Waals surface area contributed by atoms with E-state index < -0.39 is 0 Å². The minimum atomic E-state index is -0.233. The minimum absolute atomic E-state index is 0.116. The van der Waals surface area contributed by atoms with Gasteiger partial charge in [0, 0.05) is 24.7 Å². The van der Waals surface area contributed by atoms with E-state index >= 15 is 0 Å². The SMILES string of the molecule is Cc1ccccc1[C@@H]1CCCN(C(=O)c2cc3c([nH]c2=O)CCC3)C1. The van der Waals surface area contributed by atoms with Gasteiger partial charge < -0.3 is 9.88 Å². The standard InChI is InChI=1S/C21H24N2O2/c1-14-6-2-3-9-17(14)16-8-5-11-23(13-16)21(25)18-12-15-7-4-10-19(15)22-20(18)24/h2-3,6,9,12,16H,4-5,7-8,10-11,13H2,1H3,(H,22,24)/t16-/m1/s1. The average Bonchev–Trinajstić information content (AvgIpc) is 3.08. The molecule has 130 valence electrons. The van der Waals surface area contributed by atoms with Crippen molar-refractivity contribution in [1.29, 1.82) is 0 Å². The van der Waals surface area contributed by atoms with Gasteiger partial charge in [-0.1, -0.05) is 24.3 Å². The van der Waals surface area contributed by atoms with E-state index in [1.807, 2.05) is 11.0 Å². The van der Waals surface area contributed by atoms with Gasteiger partial charge in [0.2, 0.25) is 0 Å². The highest BCUT2D eigenvalue weighted by Crippen LogP contribution is 2.29. The molecule has 1 fully saturated rings. The van der Waals surface area contributed by atoms with Crippen molar-refractivity contribution in [1.82, 2.24) is 9.88 Å². The van der Waals surface area contributed by atoms with Gasteiger partial charge in [-0.2, -0.15) is 0 Å². The quantitative estimate of drug-likeness (QED) is 0.916. The molecule has 0 bridgehead atoms. The molecule has 0 spiro atoms. The van der Waals surface area contributed by atoms with Crippen molar-refractivity contribution in [2.45, 2.75) is 44.9 Å². The number of aromatic amines is 1. The van der Waals surface area contributed by atoms with Crippen molar-refractivity contribution in [3.05, 3.63) is 68.6 Å². The Hall–Kier alpha value is -2.36. The fourth-order valence-corrected chi connectivity index (χ4v) is 4.30. The van der Waals surface area contributed by atoms with Crippen LogP contribution in [0.15, 0.2) is 35.1 Å². The third-order valence-corrected chi connectivity index (χ3v) is 5.66. The van der Waals surface area contributed by atoms with Crippen LogP contribution in [0.25, 0.3) is 0 Å². The summed E-state index contributed by atoms with van der Waals surface area (Å²) in [5.41, 5.74) is 4.82. The molecule has 25 heavy (non-hydrogen) atoms. The summed E-state index contributed by atoms with van der Waals surface area (Å²) in [4.78, 5) is 30.1. The number of rotatable bonds is 2. The van der Waals surface area contributed by atoms with Crippen molar-refractivity contribution in [2.24, 2.45) is 0 Å². The Balaban J connectivity index is 1.59. The number of hydrogen-bond donors (Lipinski definition) is 1. The first-order valence-electron chi connectivity index (χ1n) is 9.23. The van der Waals surface area contributed by atoms with E-state index in [4.69, 9.17) is 0 Å². The van der Waals surface area contributed by atoms with Crippen LogP contribution in [0.5, 0.6) is 0 Å². The Kier molecular flexibility index (Phi) is 4.20. The zero-order valence-corrected chi connectivity index (χ0v) is 14.7. The number of H-pyrrole nitrogens is 1. The van der Waals surface area contributed by atoms with E-state index in [0.717, 1.165) is 49.9 Å². The molecule has 1 atom stereocenters. The van der Waals surface area contributed by atoms with E-state index in [-0.39, 0.29) is 11.5 Å². The first-order chi connectivity index (χ1) is 12.1. The number of likely N-dealkylation sites (tertiary alicyclic amines) is 1. The Labute approximate surface area is 147 Å². The van der Waals surface area contributed by atoms with Crippen molar-refractivity contribution in [3.63, 3.8) is 0 Å². The summed E-state index contributed by atoms with van der Waals surface area (Å²) in [6.45, 7) is 3.55. The molecule has 4 rings (SSSR count). The number of nitrogens with zero attached hydrogens (tertiary/aromatic N) is 1. The molecule has 4 heteroatoms. The molecule has 1 saturated heterocycles. The fourth-order valence-electron chi connectivity index (χ4n) is 4.30. The number of aryl methyl sites for hydroxylation is 3. The summed E-state index contributed by atoms with van der Waals surface area (Å²) in [6.07, 6.45) is 5.00. The molecular weight excluding hydrogens is 312 g/mol. The Morgan fingerprint density at radius 2 is 2.04 bits per heavy atom. The smallest absolute Gasteiger partial charge is 0.261 e. The zero-order chi connectivity index (χ0) is 17.4.